The average Bonchev–Trinajstić information content (AvgIpc) is 2.88. The highest BCUT2D eigenvalue weighted by Gasteiger charge is 2.33. The maximum Gasteiger partial charge on any atom is 0.269 e. The molecule has 1 aliphatic rings. The molecular weight excluding hydrogens is 352 g/mol. The molecule has 0 spiro atoms. The van der Waals surface area contributed by atoms with Gasteiger partial charge in [-0.05, 0) is 37.5 Å². The van der Waals surface area contributed by atoms with Crippen molar-refractivity contribution in [3.8, 4) is 0 Å². The maximum absolute atomic E-state index is 13.2. The van der Waals surface area contributed by atoms with Crippen LogP contribution in [0.5, 0.6) is 0 Å². The third-order valence-electron chi connectivity index (χ3n) is 4.78. The zero-order valence-electron chi connectivity index (χ0n) is 14.7. The van der Waals surface area contributed by atoms with E-state index in [1.54, 1.807) is 4.31 Å². The van der Waals surface area contributed by atoms with Crippen molar-refractivity contribution in [3.63, 3.8) is 0 Å². The summed E-state index contributed by atoms with van der Waals surface area (Å²) in [4.78, 5) is 10.4. The third kappa shape index (κ3) is 3.78. The average molecular weight is 374 g/mol. The maximum atomic E-state index is 13.2. The summed E-state index contributed by atoms with van der Waals surface area (Å²) in [7, 11) is -3.73. The minimum absolute atomic E-state index is 0.0997. The quantitative estimate of drug-likeness (QED) is 0.593. The summed E-state index contributed by atoms with van der Waals surface area (Å²) in [5.74, 6) is 0. The fraction of sp³-hybridized carbons (Fsp3) is 0.368. The van der Waals surface area contributed by atoms with Crippen molar-refractivity contribution in [2.24, 2.45) is 0 Å². The van der Waals surface area contributed by atoms with Gasteiger partial charge in [0.25, 0.3) is 5.69 Å². The SMILES string of the molecule is Cc1cccc([C@@H]2CCCCCN2S(=O)(=O)c2ccc([N+](=O)[O-])cc2)c1. The predicted molar refractivity (Wildman–Crippen MR) is 99.4 cm³/mol. The van der Waals surface area contributed by atoms with Crippen LogP contribution in [0.3, 0.4) is 0 Å². The number of benzene rings is 2. The van der Waals surface area contributed by atoms with E-state index in [9.17, 15) is 18.5 Å². The van der Waals surface area contributed by atoms with Gasteiger partial charge in [0.2, 0.25) is 10.0 Å². The molecule has 0 saturated carbocycles. The highest BCUT2D eigenvalue weighted by atomic mass is 32.2. The molecule has 2 aromatic rings. The number of aryl methyl sites for hydroxylation is 1. The van der Waals surface area contributed by atoms with Gasteiger partial charge in [0.15, 0.2) is 0 Å². The molecule has 138 valence electrons. The lowest BCUT2D eigenvalue weighted by molar-refractivity contribution is -0.384. The van der Waals surface area contributed by atoms with Gasteiger partial charge in [0.1, 0.15) is 0 Å². The van der Waals surface area contributed by atoms with Crippen molar-refractivity contribution in [1.29, 1.82) is 0 Å². The van der Waals surface area contributed by atoms with Gasteiger partial charge in [0.05, 0.1) is 15.9 Å². The molecule has 0 aliphatic carbocycles. The molecule has 1 saturated heterocycles. The number of hydrogen-bond donors (Lipinski definition) is 0. The number of nitrogens with zero attached hydrogens (tertiary/aromatic N) is 2. The van der Waals surface area contributed by atoms with Crippen molar-refractivity contribution in [1.82, 2.24) is 4.31 Å². The molecule has 0 N–H and O–H groups in total. The Morgan fingerprint density at radius 2 is 1.81 bits per heavy atom. The van der Waals surface area contributed by atoms with Crippen LogP contribution in [0.4, 0.5) is 5.69 Å². The van der Waals surface area contributed by atoms with Crippen LogP contribution < -0.4 is 0 Å². The molecule has 0 aromatic heterocycles. The fourth-order valence-corrected chi connectivity index (χ4v) is 5.14. The topological polar surface area (TPSA) is 80.5 Å². The van der Waals surface area contributed by atoms with Crippen molar-refractivity contribution in [2.75, 3.05) is 6.54 Å². The van der Waals surface area contributed by atoms with E-state index in [1.807, 2.05) is 31.2 Å². The van der Waals surface area contributed by atoms with E-state index >= 15 is 0 Å². The van der Waals surface area contributed by atoms with Crippen LogP contribution in [0.2, 0.25) is 0 Å². The van der Waals surface area contributed by atoms with Crippen LogP contribution >= 0.6 is 0 Å². The summed E-state index contributed by atoms with van der Waals surface area (Å²) in [6.45, 7) is 2.45. The predicted octanol–water partition coefficient (Wildman–Crippen LogP) is 4.21. The first-order valence-electron chi connectivity index (χ1n) is 8.72. The Balaban J connectivity index is 2.00. The second-order valence-electron chi connectivity index (χ2n) is 6.65. The van der Waals surface area contributed by atoms with Gasteiger partial charge in [-0.15, -0.1) is 0 Å². The fourth-order valence-electron chi connectivity index (χ4n) is 3.46. The van der Waals surface area contributed by atoms with Gasteiger partial charge in [-0.25, -0.2) is 8.42 Å². The summed E-state index contributed by atoms with van der Waals surface area (Å²) in [6, 6.07) is 12.9. The van der Waals surface area contributed by atoms with Crippen LogP contribution in [0, 0.1) is 17.0 Å². The molecular formula is C19H22N2O4S. The Bertz CT molecular complexity index is 894. The van der Waals surface area contributed by atoms with Gasteiger partial charge in [-0.3, -0.25) is 10.1 Å². The van der Waals surface area contributed by atoms with E-state index in [4.69, 9.17) is 0 Å². The molecule has 0 bridgehead atoms. The molecule has 0 radical (unpaired) electrons. The molecule has 2 aromatic carbocycles. The van der Waals surface area contributed by atoms with Crippen molar-refractivity contribution >= 4 is 15.7 Å². The van der Waals surface area contributed by atoms with Gasteiger partial charge >= 0.3 is 0 Å². The van der Waals surface area contributed by atoms with Crippen LogP contribution in [-0.2, 0) is 10.0 Å². The van der Waals surface area contributed by atoms with Gasteiger partial charge in [-0.2, -0.15) is 4.31 Å². The lowest BCUT2D eigenvalue weighted by atomic mass is 10.0. The Hall–Kier alpha value is -2.25. The van der Waals surface area contributed by atoms with Crippen molar-refractivity contribution in [2.45, 2.75) is 43.5 Å². The smallest absolute Gasteiger partial charge is 0.258 e. The van der Waals surface area contributed by atoms with Crippen LogP contribution in [0.15, 0.2) is 53.4 Å². The highest BCUT2D eigenvalue weighted by Crippen LogP contribution is 2.35. The van der Waals surface area contributed by atoms with E-state index in [-0.39, 0.29) is 16.6 Å². The summed E-state index contributed by atoms with van der Waals surface area (Å²) < 4.78 is 28.1. The first-order valence-corrected chi connectivity index (χ1v) is 10.2. The Kier molecular flexibility index (Phi) is 5.38. The lowest BCUT2D eigenvalue weighted by Gasteiger charge is -2.29. The Morgan fingerprint density at radius 3 is 2.46 bits per heavy atom. The van der Waals surface area contributed by atoms with E-state index in [0.29, 0.717) is 6.54 Å². The number of hydrogen-bond acceptors (Lipinski definition) is 4. The Labute approximate surface area is 153 Å². The third-order valence-corrected chi connectivity index (χ3v) is 6.71. The molecule has 1 atom stereocenters. The molecule has 3 rings (SSSR count). The number of rotatable bonds is 4. The van der Waals surface area contributed by atoms with E-state index in [2.05, 4.69) is 0 Å². The summed E-state index contributed by atoms with van der Waals surface area (Å²) in [6.07, 6.45) is 3.56. The van der Waals surface area contributed by atoms with Crippen molar-refractivity contribution < 1.29 is 13.3 Å². The van der Waals surface area contributed by atoms with E-state index in [0.717, 1.165) is 36.8 Å². The first-order chi connectivity index (χ1) is 12.4. The van der Waals surface area contributed by atoms with Crippen molar-refractivity contribution in [3.05, 3.63) is 69.8 Å². The highest BCUT2D eigenvalue weighted by molar-refractivity contribution is 7.89. The Morgan fingerprint density at radius 1 is 1.08 bits per heavy atom. The largest absolute Gasteiger partial charge is 0.269 e. The molecule has 26 heavy (non-hydrogen) atoms. The van der Waals surface area contributed by atoms with Gasteiger partial charge < -0.3 is 0 Å². The normalized spacial score (nSPS) is 19.0. The van der Waals surface area contributed by atoms with Crippen LogP contribution in [0.1, 0.15) is 42.9 Å². The van der Waals surface area contributed by atoms with E-state index in [1.165, 1.54) is 24.3 Å². The second kappa shape index (κ2) is 7.55. The molecule has 1 aliphatic heterocycles. The summed E-state index contributed by atoms with van der Waals surface area (Å²) in [5.41, 5.74) is 1.98. The number of nitro groups is 1. The zero-order valence-corrected chi connectivity index (χ0v) is 15.5. The molecule has 0 amide bonds. The van der Waals surface area contributed by atoms with Gasteiger partial charge in [0, 0.05) is 18.7 Å². The molecule has 1 fully saturated rings. The van der Waals surface area contributed by atoms with Crippen LogP contribution in [-0.4, -0.2) is 24.2 Å². The molecule has 7 heteroatoms. The van der Waals surface area contributed by atoms with Crippen LogP contribution in [0.25, 0.3) is 0 Å². The molecule has 0 unspecified atom stereocenters. The number of nitro benzene ring substituents is 1. The lowest BCUT2D eigenvalue weighted by Crippen LogP contribution is -2.34. The summed E-state index contributed by atoms with van der Waals surface area (Å²) in [5, 5.41) is 10.8. The minimum atomic E-state index is -3.73. The second-order valence-corrected chi connectivity index (χ2v) is 8.54. The number of non-ortho nitro benzene ring substituents is 1. The summed E-state index contributed by atoms with van der Waals surface area (Å²) >= 11 is 0. The van der Waals surface area contributed by atoms with E-state index < -0.39 is 14.9 Å². The minimum Gasteiger partial charge on any atom is -0.258 e. The first kappa shape index (κ1) is 18.5. The zero-order chi connectivity index (χ0) is 18.7. The standard InChI is InChI=1S/C19H22N2O4S/c1-15-6-5-7-16(14-15)19-8-3-2-4-13-20(19)26(24,25)18-11-9-17(10-12-18)21(22)23/h5-7,9-12,14,19H,2-4,8,13H2,1H3/t19-/m0/s1. The monoisotopic (exact) mass is 374 g/mol. The number of sulfonamides is 1. The van der Waals surface area contributed by atoms with Gasteiger partial charge in [-0.1, -0.05) is 42.7 Å². The molecule has 1 heterocycles. The molecule has 6 nitrogen and oxygen atoms in total.